The minimum Gasteiger partial charge on any atom is -0.354 e. The summed E-state index contributed by atoms with van der Waals surface area (Å²) in [5.74, 6) is -14.1. The van der Waals surface area contributed by atoms with Gasteiger partial charge in [0.05, 0.1) is 0 Å². The summed E-state index contributed by atoms with van der Waals surface area (Å²) in [6.45, 7) is 3.58. The topological polar surface area (TPSA) is 57.5 Å². The van der Waals surface area contributed by atoms with Crippen molar-refractivity contribution in [2.45, 2.75) is 51.0 Å². The lowest BCUT2D eigenvalue weighted by Gasteiger charge is -2.60. The minimum atomic E-state index is -6.02. The van der Waals surface area contributed by atoms with Gasteiger partial charge in [0, 0.05) is 5.92 Å². The molecule has 0 heterocycles. The zero-order valence-corrected chi connectivity index (χ0v) is 11.5. The lowest BCUT2D eigenvalue weighted by molar-refractivity contribution is -0.406. The van der Waals surface area contributed by atoms with E-state index in [9.17, 15) is 26.7 Å². The first-order chi connectivity index (χ1) is 9.24. The third kappa shape index (κ3) is 2.10. The van der Waals surface area contributed by atoms with Gasteiger partial charge in [-0.15, -0.1) is 0 Å². The van der Waals surface area contributed by atoms with E-state index in [1.165, 1.54) is 0 Å². The summed E-state index contributed by atoms with van der Waals surface area (Å²) < 4.78 is 64.6. The van der Waals surface area contributed by atoms with Gasteiger partial charge in [-0.05, 0) is 36.5 Å². The number of rotatable bonds is 3. The molecule has 3 aliphatic carbocycles. The van der Waals surface area contributed by atoms with Gasteiger partial charge in [-0.3, -0.25) is 4.79 Å². The van der Waals surface area contributed by atoms with Crippen LogP contribution in [-0.2, 0) is 4.79 Å². The molecule has 3 unspecified atom stereocenters. The molecular formula is C13H17F5O3. The second kappa shape index (κ2) is 4.38. The SMILES string of the molecule is CC1(C)C2CCC(C(=O)C(F)(F)C(O)(O)C(F)(F)F)C1C2. The number of aliphatic hydroxyl groups is 2. The fourth-order valence-corrected chi connectivity index (χ4v) is 3.71. The van der Waals surface area contributed by atoms with Gasteiger partial charge >= 0.3 is 17.9 Å². The molecule has 8 heteroatoms. The lowest BCUT2D eigenvalue weighted by atomic mass is 9.45. The summed E-state index contributed by atoms with van der Waals surface area (Å²) >= 11 is 0. The van der Waals surface area contributed by atoms with Gasteiger partial charge in [-0.1, -0.05) is 13.8 Å². The van der Waals surface area contributed by atoms with Gasteiger partial charge < -0.3 is 10.2 Å². The van der Waals surface area contributed by atoms with Crippen molar-refractivity contribution in [2.24, 2.45) is 23.2 Å². The third-order valence-electron chi connectivity index (χ3n) is 5.34. The van der Waals surface area contributed by atoms with E-state index in [2.05, 4.69) is 0 Å². The smallest absolute Gasteiger partial charge is 0.354 e. The molecule has 0 aromatic heterocycles. The Morgan fingerprint density at radius 3 is 2.00 bits per heavy atom. The van der Waals surface area contributed by atoms with E-state index in [0.29, 0.717) is 12.8 Å². The maximum absolute atomic E-state index is 13.7. The first-order valence-electron chi connectivity index (χ1n) is 6.68. The number of hydrogen-bond acceptors (Lipinski definition) is 3. The third-order valence-corrected chi connectivity index (χ3v) is 5.34. The van der Waals surface area contributed by atoms with Gasteiger partial charge in [-0.2, -0.15) is 22.0 Å². The highest BCUT2D eigenvalue weighted by atomic mass is 19.4. The van der Waals surface area contributed by atoms with Crippen molar-refractivity contribution in [3.05, 3.63) is 0 Å². The normalized spacial score (nSPS) is 32.5. The van der Waals surface area contributed by atoms with Crippen molar-refractivity contribution in [1.29, 1.82) is 0 Å². The number of Topliss-reactive ketones (excluding diaryl/α,β-unsaturated/α-hetero) is 1. The Hall–Kier alpha value is -0.760. The van der Waals surface area contributed by atoms with Crippen LogP contribution in [0.1, 0.15) is 33.1 Å². The second-order valence-corrected chi connectivity index (χ2v) is 6.65. The summed E-state index contributed by atoms with van der Waals surface area (Å²) in [6.07, 6.45) is -4.97. The summed E-state index contributed by atoms with van der Waals surface area (Å²) in [4.78, 5) is 11.9. The van der Waals surface area contributed by atoms with Crippen molar-refractivity contribution in [1.82, 2.24) is 0 Å². The fraction of sp³-hybridized carbons (Fsp3) is 0.923. The number of fused-ring (bicyclic) bond motifs is 2. The van der Waals surface area contributed by atoms with Crippen LogP contribution in [0.2, 0.25) is 0 Å². The standard InChI is InChI=1S/C13H17F5O3/c1-10(2)6-3-4-7(8(10)5-6)9(19)11(14,15)12(20,21)13(16,17)18/h6-8,20-21H,3-5H2,1-2H3. The summed E-state index contributed by atoms with van der Waals surface area (Å²) in [7, 11) is 0. The van der Waals surface area contributed by atoms with E-state index >= 15 is 0 Å². The molecular weight excluding hydrogens is 299 g/mol. The predicted molar refractivity (Wildman–Crippen MR) is 61.3 cm³/mol. The number of halogens is 5. The van der Waals surface area contributed by atoms with Crippen LogP contribution in [0.4, 0.5) is 22.0 Å². The highest BCUT2D eigenvalue weighted by Gasteiger charge is 2.74. The van der Waals surface area contributed by atoms with Gasteiger partial charge in [-0.25, -0.2) is 0 Å². The Morgan fingerprint density at radius 2 is 1.62 bits per heavy atom. The summed E-state index contributed by atoms with van der Waals surface area (Å²) in [6, 6.07) is 0. The average Bonchev–Trinajstić information content (AvgIpc) is 2.35. The number of carbonyl (C=O) groups is 1. The van der Waals surface area contributed by atoms with Crippen LogP contribution in [0.3, 0.4) is 0 Å². The molecule has 0 amide bonds. The molecule has 0 aliphatic heterocycles. The van der Waals surface area contributed by atoms with E-state index in [0.717, 1.165) is 0 Å². The molecule has 2 bridgehead atoms. The first kappa shape index (κ1) is 16.6. The first-order valence-corrected chi connectivity index (χ1v) is 6.68. The number of hydrogen-bond donors (Lipinski definition) is 2. The average molecular weight is 316 g/mol. The van der Waals surface area contributed by atoms with Crippen molar-refractivity contribution in [2.75, 3.05) is 0 Å². The molecule has 3 fully saturated rings. The van der Waals surface area contributed by atoms with Gasteiger partial charge in [0.15, 0.2) is 0 Å². The molecule has 3 atom stereocenters. The Balaban J connectivity index is 2.27. The molecule has 3 nitrogen and oxygen atoms in total. The zero-order valence-electron chi connectivity index (χ0n) is 11.5. The van der Waals surface area contributed by atoms with E-state index in [1.54, 1.807) is 13.8 Å². The molecule has 3 rings (SSSR count). The van der Waals surface area contributed by atoms with Crippen molar-refractivity contribution >= 4 is 5.78 Å². The highest BCUT2D eigenvalue weighted by molar-refractivity contribution is 5.89. The van der Waals surface area contributed by atoms with E-state index < -0.39 is 35.5 Å². The van der Waals surface area contributed by atoms with Crippen LogP contribution in [0.15, 0.2) is 0 Å². The second-order valence-electron chi connectivity index (χ2n) is 6.65. The molecule has 0 radical (unpaired) electrons. The monoisotopic (exact) mass is 316 g/mol. The molecule has 0 saturated heterocycles. The van der Waals surface area contributed by atoms with Gasteiger partial charge in [0.1, 0.15) is 0 Å². The maximum Gasteiger partial charge on any atom is 0.450 e. The van der Waals surface area contributed by atoms with E-state index in [4.69, 9.17) is 10.2 Å². The summed E-state index contributed by atoms with van der Waals surface area (Å²) in [5.41, 5.74) is -0.388. The lowest BCUT2D eigenvalue weighted by Crippen LogP contribution is -2.65. The largest absolute Gasteiger partial charge is 0.450 e. The molecule has 0 spiro atoms. The molecule has 0 aromatic rings. The number of alkyl halides is 5. The Bertz CT molecular complexity index is 453. The van der Waals surface area contributed by atoms with E-state index in [-0.39, 0.29) is 17.8 Å². The molecule has 0 aromatic carbocycles. The van der Waals surface area contributed by atoms with Gasteiger partial charge in [0.2, 0.25) is 5.78 Å². The van der Waals surface area contributed by atoms with Gasteiger partial charge in [0.25, 0.3) is 0 Å². The fourth-order valence-electron chi connectivity index (χ4n) is 3.71. The highest BCUT2D eigenvalue weighted by Crippen LogP contribution is 2.62. The minimum absolute atomic E-state index is 0.0567. The van der Waals surface area contributed by atoms with Crippen molar-refractivity contribution < 1.29 is 37.0 Å². The quantitative estimate of drug-likeness (QED) is 0.621. The molecule has 3 saturated carbocycles. The molecule has 21 heavy (non-hydrogen) atoms. The Labute approximate surface area is 118 Å². The molecule has 122 valence electrons. The predicted octanol–water partition coefficient (Wildman–Crippen LogP) is 2.51. The Kier molecular flexibility index (Phi) is 3.46. The zero-order chi connectivity index (χ0) is 16.4. The molecule has 3 aliphatic rings. The van der Waals surface area contributed by atoms with Crippen LogP contribution in [0, 0.1) is 23.2 Å². The van der Waals surface area contributed by atoms with Crippen molar-refractivity contribution in [3.63, 3.8) is 0 Å². The Morgan fingerprint density at radius 1 is 1.10 bits per heavy atom. The van der Waals surface area contributed by atoms with Crippen LogP contribution < -0.4 is 0 Å². The van der Waals surface area contributed by atoms with Crippen LogP contribution in [-0.4, -0.2) is 33.9 Å². The van der Waals surface area contributed by atoms with Crippen LogP contribution in [0.5, 0.6) is 0 Å². The van der Waals surface area contributed by atoms with Crippen molar-refractivity contribution in [3.8, 4) is 0 Å². The maximum atomic E-state index is 13.7. The van der Waals surface area contributed by atoms with E-state index in [1.807, 2.05) is 0 Å². The summed E-state index contributed by atoms with van der Waals surface area (Å²) in [5, 5.41) is 17.5. The van der Waals surface area contributed by atoms with Crippen LogP contribution in [0.25, 0.3) is 0 Å². The number of carbonyl (C=O) groups excluding carboxylic acids is 1. The van der Waals surface area contributed by atoms with Crippen LogP contribution >= 0.6 is 0 Å². The molecule has 2 N–H and O–H groups in total. The number of ketones is 1.